The van der Waals surface area contributed by atoms with E-state index in [1.165, 1.54) is 15.2 Å². The number of halogens is 2. The van der Waals surface area contributed by atoms with Crippen molar-refractivity contribution in [2.24, 2.45) is 7.05 Å². The van der Waals surface area contributed by atoms with Gasteiger partial charge in [-0.2, -0.15) is 9.97 Å². The predicted molar refractivity (Wildman–Crippen MR) is 284 cm³/mol. The Morgan fingerprint density at radius 3 is 2.61 bits per heavy atom. The molecule has 3 N–H and O–H groups in total. The molecule has 6 saturated heterocycles. The second-order valence-electron chi connectivity index (χ2n) is 21.7. The fraction of sp³-hybridized carbons (Fsp3) is 0.466. The summed E-state index contributed by atoms with van der Waals surface area (Å²) in [6, 6.07) is 13.3. The number of unbranched alkanes of at least 4 members (excludes halogenated alkanes) is 1. The van der Waals surface area contributed by atoms with Crippen molar-refractivity contribution in [3.63, 3.8) is 0 Å². The molecule has 3 amide bonds. The summed E-state index contributed by atoms with van der Waals surface area (Å²) in [7, 11) is 1.65. The van der Waals surface area contributed by atoms with Crippen molar-refractivity contribution in [2.75, 3.05) is 44.3 Å². The third-order valence-electron chi connectivity index (χ3n) is 17.2. The number of nitrogens with zero attached hydrogens (tertiary/aromatic N) is 8. The molecule has 12 rings (SSSR count). The third-order valence-corrected chi connectivity index (χ3v) is 17.2. The van der Waals surface area contributed by atoms with E-state index >= 15 is 8.78 Å². The van der Waals surface area contributed by atoms with E-state index in [2.05, 4.69) is 43.2 Å². The molecule has 0 spiro atoms. The van der Waals surface area contributed by atoms with Crippen LogP contribution in [0.15, 0.2) is 59.5 Å². The zero-order valence-corrected chi connectivity index (χ0v) is 42.9. The fourth-order valence-electron chi connectivity index (χ4n) is 13.5. The molecular weight excluding hydrogens is 987 g/mol. The van der Waals surface area contributed by atoms with Crippen molar-refractivity contribution in [2.45, 2.75) is 125 Å². The molecule has 398 valence electrons. The second-order valence-corrected chi connectivity index (χ2v) is 21.7. The van der Waals surface area contributed by atoms with Crippen LogP contribution >= 0.6 is 0 Å². The Labute approximate surface area is 443 Å². The standard InChI is InChI=1S/C58H60F2N10O7/c1-3-41-44(59)18-15-34-11-7-13-42(48(34)41)50-49(60)51-43(30-61-50)53(67-31-36-16-17-37(32-67)62-36)65-55(64-51)77-33-58-23-9-25-69(58)38(21-24-58)28-39-29-40(22-26-68(39)57(74)75)76-27-6-4-5-10-35-12-8-14-45-52(35)66(2)56(73)70(45)46-19-20-47(71)63-54(46)72/h1,7-8,11-15,18,30,36-40,46,62H,4,6,9,16-17,19-29,31-33H2,2H3,(H,74,75)(H,63,71,72)/t36?,37?,38-,39?,40?,46?,58-/m0/s1. The lowest BCUT2D eigenvalue weighted by atomic mass is 9.92. The van der Waals surface area contributed by atoms with Crippen molar-refractivity contribution in [1.82, 2.24) is 44.5 Å². The quantitative estimate of drug-likeness (QED) is 0.0660. The van der Waals surface area contributed by atoms with Crippen LogP contribution in [-0.4, -0.2) is 132 Å². The number of piperazine rings is 1. The molecule has 0 radical (unpaired) electrons. The first kappa shape index (κ1) is 50.4. The minimum atomic E-state index is -0.936. The van der Waals surface area contributed by atoms with Gasteiger partial charge in [0.2, 0.25) is 11.8 Å². The number of imidazole rings is 1. The van der Waals surface area contributed by atoms with Crippen LogP contribution in [0.5, 0.6) is 6.01 Å². The summed E-state index contributed by atoms with van der Waals surface area (Å²) >= 11 is 0. The van der Waals surface area contributed by atoms with Gasteiger partial charge in [0.25, 0.3) is 0 Å². The Morgan fingerprint density at radius 2 is 1.81 bits per heavy atom. The number of ether oxygens (including phenoxy) is 2. The number of likely N-dealkylation sites (tertiary alicyclic amines) is 1. The summed E-state index contributed by atoms with van der Waals surface area (Å²) in [6.07, 6.45) is 15.4. The molecule has 6 aliphatic rings. The normalized spacial score (nSPS) is 25.3. The number of carbonyl (C=O) groups excluding carboxylic acids is 2. The van der Waals surface area contributed by atoms with E-state index in [9.17, 15) is 24.3 Å². The monoisotopic (exact) mass is 1050 g/mol. The minimum absolute atomic E-state index is 0.000315. The van der Waals surface area contributed by atoms with E-state index in [0.717, 1.165) is 45.1 Å². The zero-order valence-electron chi connectivity index (χ0n) is 42.9. The highest BCUT2D eigenvalue weighted by Crippen LogP contribution is 2.45. The molecule has 7 atom stereocenters. The lowest BCUT2D eigenvalue weighted by molar-refractivity contribution is -0.135. The smallest absolute Gasteiger partial charge is 0.407 e. The van der Waals surface area contributed by atoms with E-state index in [1.807, 2.05) is 6.07 Å². The fourth-order valence-corrected chi connectivity index (χ4v) is 13.5. The molecule has 6 aliphatic heterocycles. The van der Waals surface area contributed by atoms with E-state index < -0.39 is 29.7 Å². The molecule has 5 unspecified atom stereocenters. The van der Waals surface area contributed by atoms with Crippen LogP contribution < -0.4 is 26.0 Å². The molecule has 0 saturated carbocycles. The number of pyridine rings is 1. The van der Waals surface area contributed by atoms with Crippen LogP contribution in [-0.2, 0) is 21.4 Å². The van der Waals surface area contributed by atoms with Gasteiger partial charge in [0.1, 0.15) is 35.5 Å². The number of aromatic nitrogens is 5. The molecule has 19 heteroatoms. The number of para-hydroxylation sites is 1. The number of amides is 3. The Morgan fingerprint density at radius 1 is 0.974 bits per heavy atom. The molecule has 17 nitrogen and oxygen atoms in total. The van der Waals surface area contributed by atoms with Gasteiger partial charge in [-0.3, -0.25) is 33.9 Å². The number of anilines is 1. The van der Waals surface area contributed by atoms with Crippen LogP contribution in [0.25, 0.3) is 44.0 Å². The zero-order chi connectivity index (χ0) is 53.1. The van der Waals surface area contributed by atoms with Crippen LogP contribution in [0.1, 0.15) is 101 Å². The molecule has 3 aromatic heterocycles. The number of fused-ring (bicyclic) bond motifs is 6. The van der Waals surface area contributed by atoms with E-state index in [-0.39, 0.29) is 89.6 Å². The number of carbonyl (C=O) groups is 3. The van der Waals surface area contributed by atoms with Crippen LogP contribution in [0, 0.1) is 35.8 Å². The van der Waals surface area contributed by atoms with Gasteiger partial charge in [-0.15, -0.1) is 6.42 Å². The lowest BCUT2D eigenvalue weighted by Crippen LogP contribution is -2.52. The van der Waals surface area contributed by atoms with Gasteiger partial charge in [-0.25, -0.2) is 18.4 Å². The largest absolute Gasteiger partial charge is 0.465 e. The Hall–Kier alpha value is -7.45. The maximum Gasteiger partial charge on any atom is 0.407 e. The summed E-state index contributed by atoms with van der Waals surface area (Å²) in [5.41, 5.74) is 1.63. The van der Waals surface area contributed by atoms with Gasteiger partial charge in [0.05, 0.1) is 39.2 Å². The molecule has 0 aliphatic carbocycles. The van der Waals surface area contributed by atoms with Crippen LogP contribution in [0.3, 0.4) is 0 Å². The van der Waals surface area contributed by atoms with Crippen molar-refractivity contribution >= 4 is 56.4 Å². The van der Waals surface area contributed by atoms with Crippen molar-refractivity contribution in [3.05, 3.63) is 88.0 Å². The number of rotatable bonds is 12. The third kappa shape index (κ3) is 9.21. The average molecular weight is 1050 g/mol. The minimum Gasteiger partial charge on any atom is -0.465 e. The number of carboxylic acid groups (broad SMARTS) is 1. The number of imide groups is 1. The number of hydrogen-bond acceptors (Lipinski definition) is 12. The molecule has 2 bridgehead atoms. The summed E-state index contributed by atoms with van der Waals surface area (Å²) < 4.78 is 48.4. The number of piperidine rings is 2. The summed E-state index contributed by atoms with van der Waals surface area (Å²) in [6.45, 7) is 3.32. The first-order chi connectivity index (χ1) is 37.4. The van der Waals surface area contributed by atoms with E-state index in [4.69, 9.17) is 25.9 Å². The summed E-state index contributed by atoms with van der Waals surface area (Å²) in [5.74, 6) is 7.38. The van der Waals surface area contributed by atoms with Gasteiger partial charge in [0.15, 0.2) is 5.82 Å². The van der Waals surface area contributed by atoms with E-state index in [0.29, 0.717) is 102 Å². The van der Waals surface area contributed by atoms with E-state index in [1.54, 1.807) is 54.5 Å². The molecular formula is C58H60F2N10O7. The highest BCUT2D eigenvalue weighted by molar-refractivity contribution is 6.02. The highest BCUT2D eigenvalue weighted by Gasteiger charge is 2.51. The molecule has 9 heterocycles. The Bertz CT molecular complexity index is 3540. The van der Waals surface area contributed by atoms with Crippen molar-refractivity contribution < 1.29 is 37.7 Å². The van der Waals surface area contributed by atoms with Crippen LogP contribution in [0.4, 0.5) is 19.4 Å². The molecule has 6 fully saturated rings. The van der Waals surface area contributed by atoms with Gasteiger partial charge in [0, 0.05) is 87.4 Å². The first-order valence-electron chi connectivity index (χ1n) is 27.0. The highest BCUT2D eigenvalue weighted by atomic mass is 19.1. The Balaban J connectivity index is 0.725. The van der Waals surface area contributed by atoms with Crippen molar-refractivity contribution in [3.8, 4) is 41.5 Å². The maximum atomic E-state index is 17.3. The number of nitrogens with one attached hydrogen (secondary N) is 2. The molecule has 6 aromatic rings. The van der Waals surface area contributed by atoms with Gasteiger partial charge in [-0.1, -0.05) is 48.1 Å². The van der Waals surface area contributed by atoms with Gasteiger partial charge in [-0.05, 0) is 101 Å². The topological polar surface area (TPSA) is 189 Å². The SMILES string of the molecule is C#Cc1c(F)ccc2cccc(-c3ncc4c(N5CC6CCC(C5)N6)nc(OC[C@@]56CCCN5[C@H](CC5CC(OCCCC#Cc7cccc8c7n(C)c(=O)n8C7CCC(=O)NC7=O)CCN5C(=O)O)CC6)nc4c3F)c12. The van der Waals surface area contributed by atoms with Crippen LogP contribution in [0.2, 0.25) is 0 Å². The molecule has 77 heavy (non-hydrogen) atoms. The van der Waals surface area contributed by atoms with Crippen molar-refractivity contribution in [1.29, 1.82) is 0 Å². The average Bonchev–Trinajstić information content (AvgIpc) is 4.24. The van der Waals surface area contributed by atoms with Gasteiger partial charge < -0.3 is 29.7 Å². The lowest BCUT2D eigenvalue weighted by Gasteiger charge is -2.41. The maximum absolute atomic E-state index is 17.3. The Kier molecular flexibility index (Phi) is 13.4. The number of terminal acetylenes is 1. The molecule has 3 aromatic carbocycles. The number of benzene rings is 3. The van der Waals surface area contributed by atoms with Gasteiger partial charge >= 0.3 is 17.8 Å². The summed E-state index contributed by atoms with van der Waals surface area (Å²) in [5, 5.41) is 17.9. The predicted octanol–water partition coefficient (Wildman–Crippen LogP) is 6.80. The first-order valence-corrected chi connectivity index (χ1v) is 27.0. The summed E-state index contributed by atoms with van der Waals surface area (Å²) in [4.78, 5) is 71.2. The number of hydrogen-bond donors (Lipinski definition) is 3. The second kappa shape index (κ2) is 20.5. The number of aryl methyl sites for hydroxylation is 1.